The third-order valence-corrected chi connectivity index (χ3v) is 2.75. The average molecular weight is 224 g/mol. The molecule has 0 atom stereocenters. The number of H-pyrrole nitrogens is 1. The third-order valence-electron chi connectivity index (χ3n) is 2.27. The van der Waals surface area contributed by atoms with Gasteiger partial charge in [-0.2, -0.15) is 5.10 Å². The summed E-state index contributed by atoms with van der Waals surface area (Å²) in [5.41, 5.74) is 7.70. The number of phenols is 1. The lowest BCUT2D eigenvalue weighted by molar-refractivity contribution is 0.477. The predicted molar refractivity (Wildman–Crippen MR) is 59.8 cm³/mol. The van der Waals surface area contributed by atoms with Crippen molar-refractivity contribution in [3.8, 4) is 16.9 Å². The van der Waals surface area contributed by atoms with Crippen LogP contribution in [0.5, 0.6) is 5.75 Å². The van der Waals surface area contributed by atoms with Gasteiger partial charge in [-0.25, -0.2) is 0 Å². The minimum atomic E-state index is 0.0322. The van der Waals surface area contributed by atoms with Gasteiger partial charge in [0.15, 0.2) is 0 Å². The second-order valence-electron chi connectivity index (χ2n) is 3.29. The molecule has 1 aromatic heterocycles. The van der Waals surface area contributed by atoms with Crippen molar-refractivity contribution in [2.24, 2.45) is 0 Å². The zero-order valence-electron chi connectivity index (χ0n) is 8.08. The molecular weight excluding hydrogens is 214 g/mol. The van der Waals surface area contributed by atoms with E-state index in [4.69, 9.17) is 17.3 Å². The predicted octanol–water partition coefficient (Wildman–Crippen LogP) is 2.33. The number of anilines is 1. The van der Waals surface area contributed by atoms with Gasteiger partial charge in [0.2, 0.25) is 0 Å². The first-order valence-corrected chi connectivity index (χ1v) is 4.76. The molecule has 0 saturated heterocycles. The number of aromatic hydroxyl groups is 1. The molecule has 15 heavy (non-hydrogen) atoms. The highest BCUT2D eigenvalue weighted by Crippen LogP contribution is 2.38. The number of benzene rings is 1. The molecule has 4 N–H and O–H groups in total. The molecule has 1 aromatic carbocycles. The van der Waals surface area contributed by atoms with Gasteiger partial charge in [-0.15, -0.1) is 0 Å². The molecule has 0 amide bonds. The Morgan fingerprint density at radius 3 is 2.73 bits per heavy atom. The summed E-state index contributed by atoms with van der Waals surface area (Å²) in [5.74, 6) is 0.440. The number of aryl methyl sites for hydroxylation is 1. The molecule has 1 heterocycles. The molecule has 0 unspecified atom stereocenters. The molecular formula is C10H10ClN3O. The number of aromatic amines is 1. The van der Waals surface area contributed by atoms with Crippen molar-refractivity contribution in [2.75, 3.05) is 5.73 Å². The van der Waals surface area contributed by atoms with Crippen LogP contribution >= 0.6 is 11.6 Å². The van der Waals surface area contributed by atoms with Gasteiger partial charge in [0, 0.05) is 11.1 Å². The first-order valence-electron chi connectivity index (χ1n) is 4.38. The van der Waals surface area contributed by atoms with Gasteiger partial charge in [-0.05, 0) is 12.5 Å². The van der Waals surface area contributed by atoms with Crippen LogP contribution in [0.4, 0.5) is 5.82 Å². The topological polar surface area (TPSA) is 74.9 Å². The Bertz CT molecular complexity index is 507. The standard InChI is InChI=1S/C10H10ClN3O/c1-5-2-3-6(9(15)8(5)11)7-4-13-14-10(7)12/h2-4,15H,1H3,(H3,12,13,14). The fourth-order valence-electron chi connectivity index (χ4n) is 1.39. The molecule has 0 spiro atoms. The number of phenolic OH excluding ortho intramolecular Hbond substituents is 1. The fourth-order valence-corrected chi connectivity index (χ4v) is 1.56. The van der Waals surface area contributed by atoms with Crippen molar-refractivity contribution in [3.05, 3.63) is 28.9 Å². The molecule has 0 saturated carbocycles. The van der Waals surface area contributed by atoms with Crippen LogP contribution < -0.4 is 5.73 Å². The number of rotatable bonds is 1. The van der Waals surface area contributed by atoms with E-state index in [0.29, 0.717) is 22.0 Å². The maximum atomic E-state index is 9.85. The Morgan fingerprint density at radius 2 is 2.13 bits per heavy atom. The molecule has 4 nitrogen and oxygen atoms in total. The van der Waals surface area contributed by atoms with E-state index in [1.54, 1.807) is 12.3 Å². The van der Waals surface area contributed by atoms with Crippen molar-refractivity contribution >= 4 is 17.4 Å². The summed E-state index contributed by atoms with van der Waals surface area (Å²) in [6, 6.07) is 3.58. The summed E-state index contributed by atoms with van der Waals surface area (Å²) >= 11 is 5.93. The number of nitrogens with two attached hydrogens (primary N) is 1. The van der Waals surface area contributed by atoms with Crippen LogP contribution in [0.25, 0.3) is 11.1 Å². The van der Waals surface area contributed by atoms with Crippen molar-refractivity contribution in [2.45, 2.75) is 6.92 Å². The van der Waals surface area contributed by atoms with Crippen molar-refractivity contribution in [1.29, 1.82) is 0 Å². The SMILES string of the molecule is Cc1ccc(-c2cn[nH]c2N)c(O)c1Cl. The van der Waals surface area contributed by atoms with E-state index in [0.717, 1.165) is 5.56 Å². The van der Waals surface area contributed by atoms with Gasteiger partial charge in [0.25, 0.3) is 0 Å². The van der Waals surface area contributed by atoms with E-state index < -0.39 is 0 Å². The van der Waals surface area contributed by atoms with Gasteiger partial charge in [0.05, 0.1) is 11.2 Å². The molecule has 2 aromatic rings. The number of nitrogen functional groups attached to an aromatic ring is 1. The van der Waals surface area contributed by atoms with E-state index in [1.165, 1.54) is 0 Å². The van der Waals surface area contributed by atoms with Crippen molar-refractivity contribution in [3.63, 3.8) is 0 Å². The van der Waals surface area contributed by atoms with Crippen LogP contribution in [-0.4, -0.2) is 15.3 Å². The minimum absolute atomic E-state index is 0.0322. The average Bonchev–Trinajstić information content (AvgIpc) is 2.62. The lowest BCUT2D eigenvalue weighted by Gasteiger charge is -2.06. The Hall–Kier alpha value is -1.68. The highest BCUT2D eigenvalue weighted by molar-refractivity contribution is 6.33. The zero-order chi connectivity index (χ0) is 11.0. The molecule has 0 bridgehead atoms. The van der Waals surface area contributed by atoms with Gasteiger partial charge >= 0.3 is 0 Å². The molecule has 0 aliphatic carbocycles. The number of hydrogen-bond donors (Lipinski definition) is 3. The number of nitrogens with zero attached hydrogens (tertiary/aromatic N) is 1. The molecule has 0 aliphatic rings. The lowest BCUT2D eigenvalue weighted by atomic mass is 10.1. The van der Waals surface area contributed by atoms with E-state index in [1.807, 2.05) is 13.0 Å². The first kappa shape index (κ1) is 9.86. The number of hydrogen-bond acceptors (Lipinski definition) is 3. The fraction of sp³-hybridized carbons (Fsp3) is 0.100. The minimum Gasteiger partial charge on any atom is -0.506 e. The Labute approximate surface area is 91.7 Å². The largest absolute Gasteiger partial charge is 0.506 e. The van der Waals surface area contributed by atoms with Crippen LogP contribution in [0.3, 0.4) is 0 Å². The monoisotopic (exact) mass is 223 g/mol. The summed E-state index contributed by atoms with van der Waals surface area (Å²) in [6.07, 6.45) is 1.55. The van der Waals surface area contributed by atoms with Crippen LogP contribution in [0.2, 0.25) is 5.02 Å². The van der Waals surface area contributed by atoms with E-state index in [2.05, 4.69) is 10.2 Å². The molecule has 0 aliphatic heterocycles. The molecule has 0 fully saturated rings. The summed E-state index contributed by atoms with van der Waals surface area (Å²) in [4.78, 5) is 0. The number of halogens is 1. The Morgan fingerprint density at radius 1 is 1.40 bits per heavy atom. The normalized spacial score (nSPS) is 10.5. The van der Waals surface area contributed by atoms with Crippen LogP contribution in [0.15, 0.2) is 18.3 Å². The maximum Gasteiger partial charge on any atom is 0.142 e. The van der Waals surface area contributed by atoms with Crippen LogP contribution in [0, 0.1) is 6.92 Å². The second-order valence-corrected chi connectivity index (χ2v) is 3.67. The lowest BCUT2D eigenvalue weighted by Crippen LogP contribution is -1.89. The van der Waals surface area contributed by atoms with Crippen molar-refractivity contribution < 1.29 is 5.11 Å². The van der Waals surface area contributed by atoms with Crippen LogP contribution in [0.1, 0.15) is 5.56 Å². The second kappa shape index (κ2) is 3.47. The summed E-state index contributed by atoms with van der Waals surface area (Å²) in [5, 5.41) is 16.6. The summed E-state index contributed by atoms with van der Waals surface area (Å²) in [7, 11) is 0. The highest BCUT2D eigenvalue weighted by atomic mass is 35.5. The quantitative estimate of drug-likeness (QED) is 0.695. The van der Waals surface area contributed by atoms with E-state index in [-0.39, 0.29) is 5.75 Å². The molecule has 0 radical (unpaired) electrons. The number of nitrogens with one attached hydrogen (secondary N) is 1. The highest BCUT2D eigenvalue weighted by Gasteiger charge is 2.13. The van der Waals surface area contributed by atoms with Crippen LogP contribution in [-0.2, 0) is 0 Å². The summed E-state index contributed by atoms with van der Waals surface area (Å²) in [6.45, 7) is 1.82. The zero-order valence-corrected chi connectivity index (χ0v) is 8.84. The summed E-state index contributed by atoms with van der Waals surface area (Å²) < 4.78 is 0. The smallest absolute Gasteiger partial charge is 0.142 e. The van der Waals surface area contributed by atoms with Crippen molar-refractivity contribution in [1.82, 2.24) is 10.2 Å². The van der Waals surface area contributed by atoms with Gasteiger partial charge < -0.3 is 10.8 Å². The van der Waals surface area contributed by atoms with E-state index in [9.17, 15) is 5.11 Å². The van der Waals surface area contributed by atoms with Gasteiger partial charge in [-0.1, -0.05) is 23.7 Å². The van der Waals surface area contributed by atoms with E-state index >= 15 is 0 Å². The molecule has 78 valence electrons. The Balaban J connectivity index is 2.65. The third kappa shape index (κ3) is 1.53. The maximum absolute atomic E-state index is 9.85. The van der Waals surface area contributed by atoms with Gasteiger partial charge in [0.1, 0.15) is 11.6 Å². The number of aromatic nitrogens is 2. The Kier molecular flexibility index (Phi) is 2.28. The van der Waals surface area contributed by atoms with Gasteiger partial charge in [-0.3, -0.25) is 5.10 Å². The molecule has 2 rings (SSSR count). The molecule has 5 heteroatoms. The first-order chi connectivity index (χ1) is 7.11.